The highest BCUT2D eigenvalue weighted by molar-refractivity contribution is 7.89. The molecule has 1 aliphatic heterocycles. The van der Waals surface area contributed by atoms with E-state index in [0.717, 1.165) is 16.4 Å². The third-order valence-corrected chi connectivity index (χ3v) is 7.08. The van der Waals surface area contributed by atoms with Crippen LogP contribution in [0.5, 0.6) is 0 Å². The molecule has 0 spiro atoms. The van der Waals surface area contributed by atoms with Gasteiger partial charge in [0, 0.05) is 31.7 Å². The lowest BCUT2D eigenvalue weighted by Gasteiger charge is -2.26. The van der Waals surface area contributed by atoms with Crippen LogP contribution in [0.4, 0.5) is 10.1 Å². The number of para-hydroxylation sites is 2. The number of nitrogens with one attached hydrogen (secondary N) is 1. The van der Waals surface area contributed by atoms with Crippen molar-refractivity contribution in [3.05, 3.63) is 58.8 Å². The van der Waals surface area contributed by atoms with E-state index in [1.165, 1.54) is 10.6 Å². The van der Waals surface area contributed by atoms with E-state index in [4.69, 9.17) is 9.15 Å². The number of sulfonamides is 1. The van der Waals surface area contributed by atoms with Gasteiger partial charge in [0.2, 0.25) is 15.9 Å². The molecule has 1 aliphatic rings. The number of nitrogens with zero attached hydrogens (tertiary/aromatic N) is 2. The number of rotatable bonds is 7. The zero-order valence-electron chi connectivity index (χ0n) is 17.1. The molecule has 32 heavy (non-hydrogen) atoms. The summed E-state index contributed by atoms with van der Waals surface area (Å²) in [6, 6.07) is 10.4. The van der Waals surface area contributed by atoms with Crippen LogP contribution in [0.15, 0.2) is 56.6 Å². The minimum atomic E-state index is -4.04. The summed E-state index contributed by atoms with van der Waals surface area (Å²) in [5, 5.41) is 2.59. The molecule has 4 rings (SSSR count). The number of oxazole rings is 1. The average Bonchev–Trinajstić information content (AvgIpc) is 3.11. The summed E-state index contributed by atoms with van der Waals surface area (Å²) in [4.78, 5) is 23.8. The fraction of sp³-hybridized carbons (Fsp3) is 0.333. The van der Waals surface area contributed by atoms with Gasteiger partial charge in [0.25, 0.3) is 0 Å². The molecular weight excluding hydrogens is 441 g/mol. The third kappa shape index (κ3) is 4.59. The molecule has 0 atom stereocenters. The first-order valence-corrected chi connectivity index (χ1v) is 11.6. The maximum Gasteiger partial charge on any atom is 0.419 e. The fourth-order valence-corrected chi connectivity index (χ4v) is 5.05. The van der Waals surface area contributed by atoms with E-state index in [0.29, 0.717) is 17.5 Å². The number of aryl methyl sites for hydroxylation is 1. The van der Waals surface area contributed by atoms with Crippen molar-refractivity contribution in [3.8, 4) is 0 Å². The molecule has 1 N–H and O–H groups in total. The van der Waals surface area contributed by atoms with Gasteiger partial charge >= 0.3 is 5.76 Å². The Morgan fingerprint density at radius 1 is 1.12 bits per heavy atom. The zero-order chi connectivity index (χ0) is 22.7. The highest BCUT2D eigenvalue weighted by Gasteiger charge is 2.29. The summed E-state index contributed by atoms with van der Waals surface area (Å²) < 4.78 is 52.7. The molecule has 0 saturated carbocycles. The SMILES string of the molecule is O=C(CCCn1c(=O)oc2ccccc21)Nc1ccc(F)c(S(=O)(=O)N2CCOCC2)c1. The lowest BCUT2D eigenvalue weighted by atomic mass is 10.2. The smallest absolute Gasteiger partial charge is 0.408 e. The molecule has 3 aromatic rings. The number of amides is 1. The van der Waals surface area contributed by atoms with Crippen molar-refractivity contribution in [2.45, 2.75) is 24.3 Å². The summed E-state index contributed by atoms with van der Waals surface area (Å²) in [5.74, 6) is -1.77. The predicted molar refractivity (Wildman–Crippen MR) is 114 cm³/mol. The van der Waals surface area contributed by atoms with E-state index >= 15 is 0 Å². The van der Waals surface area contributed by atoms with Crippen LogP contribution in [-0.2, 0) is 26.1 Å². The number of carbonyl (C=O) groups is 1. The highest BCUT2D eigenvalue weighted by Crippen LogP contribution is 2.24. The van der Waals surface area contributed by atoms with Crippen LogP contribution in [-0.4, -0.2) is 49.5 Å². The van der Waals surface area contributed by atoms with Gasteiger partial charge in [-0.05, 0) is 36.8 Å². The lowest BCUT2D eigenvalue weighted by molar-refractivity contribution is -0.116. The van der Waals surface area contributed by atoms with Crippen molar-refractivity contribution in [3.63, 3.8) is 0 Å². The minimum Gasteiger partial charge on any atom is -0.408 e. The Morgan fingerprint density at radius 2 is 1.88 bits per heavy atom. The van der Waals surface area contributed by atoms with Gasteiger partial charge in [0.1, 0.15) is 10.7 Å². The molecule has 170 valence electrons. The Morgan fingerprint density at radius 3 is 2.66 bits per heavy atom. The number of halogens is 1. The van der Waals surface area contributed by atoms with Crippen LogP contribution in [0.1, 0.15) is 12.8 Å². The number of hydrogen-bond acceptors (Lipinski definition) is 6. The van der Waals surface area contributed by atoms with Crippen LogP contribution in [0.3, 0.4) is 0 Å². The van der Waals surface area contributed by atoms with E-state index < -0.39 is 26.5 Å². The summed E-state index contributed by atoms with van der Waals surface area (Å²) in [6.45, 7) is 1.04. The van der Waals surface area contributed by atoms with Gasteiger partial charge in [-0.3, -0.25) is 9.36 Å². The molecular formula is C21H22FN3O6S. The molecule has 9 nitrogen and oxygen atoms in total. The number of carbonyl (C=O) groups excluding carboxylic acids is 1. The number of ether oxygens (including phenoxy) is 1. The van der Waals surface area contributed by atoms with Crippen LogP contribution >= 0.6 is 0 Å². The first kappa shape index (κ1) is 22.2. The van der Waals surface area contributed by atoms with Crippen molar-refractivity contribution in [2.75, 3.05) is 31.6 Å². The molecule has 0 unspecified atom stereocenters. The first-order valence-electron chi connectivity index (χ1n) is 10.1. The van der Waals surface area contributed by atoms with Crippen LogP contribution in [0, 0.1) is 5.82 Å². The molecule has 1 fully saturated rings. The Kier molecular flexibility index (Phi) is 6.40. The molecule has 2 aromatic carbocycles. The molecule has 2 heterocycles. The summed E-state index contributed by atoms with van der Waals surface area (Å²) in [6.07, 6.45) is 0.435. The molecule has 1 aromatic heterocycles. The van der Waals surface area contributed by atoms with E-state index in [1.807, 2.05) is 0 Å². The second kappa shape index (κ2) is 9.23. The van der Waals surface area contributed by atoms with E-state index in [9.17, 15) is 22.4 Å². The Hall–Kier alpha value is -3.02. The first-order chi connectivity index (χ1) is 15.4. The number of aromatic nitrogens is 1. The number of anilines is 1. The van der Waals surface area contributed by atoms with Crippen LogP contribution in [0.2, 0.25) is 0 Å². The Balaban J connectivity index is 1.40. The average molecular weight is 463 g/mol. The monoisotopic (exact) mass is 463 g/mol. The van der Waals surface area contributed by atoms with Crippen molar-refractivity contribution < 1.29 is 26.8 Å². The van der Waals surface area contributed by atoms with Gasteiger partial charge in [-0.2, -0.15) is 4.31 Å². The van der Waals surface area contributed by atoms with Gasteiger partial charge in [0.05, 0.1) is 18.7 Å². The molecule has 0 aliphatic carbocycles. The number of hydrogen-bond donors (Lipinski definition) is 1. The summed E-state index contributed by atoms with van der Waals surface area (Å²) in [7, 11) is -4.04. The number of benzene rings is 2. The zero-order valence-corrected chi connectivity index (χ0v) is 17.9. The normalized spacial score (nSPS) is 15.2. The van der Waals surface area contributed by atoms with Crippen molar-refractivity contribution in [2.24, 2.45) is 0 Å². The standard InChI is InChI=1S/C21H22FN3O6S/c22-16-8-7-15(14-19(16)32(28,29)24-10-12-30-13-11-24)23-20(26)6-3-9-25-17-4-1-2-5-18(17)31-21(25)27/h1-2,4-5,7-8,14H,3,6,9-13H2,(H,23,26). The Labute approximate surface area is 183 Å². The van der Waals surface area contributed by atoms with Gasteiger partial charge in [-0.1, -0.05) is 12.1 Å². The van der Waals surface area contributed by atoms with Gasteiger partial charge < -0.3 is 14.5 Å². The van der Waals surface area contributed by atoms with Crippen LogP contribution < -0.4 is 11.1 Å². The van der Waals surface area contributed by atoms with Crippen LogP contribution in [0.25, 0.3) is 11.1 Å². The number of morpholine rings is 1. The summed E-state index contributed by atoms with van der Waals surface area (Å²) >= 11 is 0. The molecule has 0 bridgehead atoms. The van der Waals surface area contributed by atoms with Crippen molar-refractivity contribution in [1.29, 1.82) is 0 Å². The third-order valence-electron chi connectivity index (χ3n) is 5.16. The van der Waals surface area contributed by atoms with Crippen molar-refractivity contribution in [1.82, 2.24) is 8.87 Å². The quantitative estimate of drug-likeness (QED) is 0.575. The van der Waals surface area contributed by atoms with E-state index in [1.54, 1.807) is 24.3 Å². The molecule has 11 heteroatoms. The van der Waals surface area contributed by atoms with Crippen molar-refractivity contribution >= 4 is 32.7 Å². The largest absolute Gasteiger partial charge is 0.419 e. The van der Waals surface area contributed by atoms with E-state index in [2.05, 4.69) is 5.32 Å². The Bertz CT molecular complexity index is 1290. The number of fused-ring (bicyclic) bond motifs is 1. The highest BCUT2D eigenvalue weighted by atomic mass is 32.2. The maximum absolute atomic E-state index is 14.3. The fourth-order valence-electron chi connectivity index (χ4n) is 3.55. The molecule has 1 amide bonds. The summed E-state index contributed by atoms with van der Waals surface area (Å²) in [5.41, 5.74) is 1.30. The topological polar surface area (TPSA) is 111 Å². The second-order valence-electron chi connectivity index (χ2n) is 7.30. The molecule has 0 radical (unpaired) electrons. The minimum absolute atomic E-state index is 0.0782. The predicted octanol–water partition coefficient (Wildman–Crippen LogP) is 2.17. The van der Waals surface area contributed by atoms with Gasteiger partial charge in [-0.15, -0.1) is 0 Å². The lowest BCUT2D eigenvalue weighted by Crippen LogP contribution is -2.40. The second-order valence-corrected chi connectivity index (χ2v) is 9.21. The molecule has 1 saturated heterocycles. The maximum atomic E-state index is 14.3. The van der Waals surface area contributed by atoms with Gasteiger partial charge in [0.15, 0.2) is 5.58 Å². The van der Waals surface area contributed by atoms with Gasteiger partial charge in [-0.25, -0.2) is 17.6 Å². The van der Waals surface area contributed by atoms with E-state index in [-0.39, 0.29) is 50.9 Å².